The van der Waals surface area contributed by atoms with E-state index < -0.39 is 0 Å². The Morgan fingerprint density at radius 3 is 2.28 bits per heavy atom. The number of hydrogen-bond donors (Lipinski definition) is 0. The summed E-state index contributed by atoms with van der Waals surface area (Å²) in [6.07, 6.45) is 16.2. The number of rotatable bonds is 13. The zero-order chi connectivity index (χ0) is 20.4. The van der Waals surface area contributed by atoms with E-state index in [-0.39, 0.29) is 18.4 Å². The van der Waals surface area contributed by atoms with Crippen LogP contribution in [0.5, 0.6) is 0 Å². The van der Waals surface area contributed by atoms with Gasteiger partial charge in [-0.05, 0) is 49.8 Å². The molecule has 1 unspecified atom stereocenters. The van der Waals surface area contributed by atoms with Crippen LogP contribution in [0.25, 0.3) is 0 Å². The van der Waals surface area contributed by atoms with E-state index in [1.54, 1.807) is 0 Å². The molecule has 1 aromatic rings. The Labute approximate surface area is 178 Å². The van der Waals surface area contributed by atoms with E-state index in [4.69, 9.17) is 4.74 Å². The molecule has 0 aliphatic carbocycles. The largest absolute Gasteiger partial charge is 0.362 e. The standard InChI is InChI=1S/C26H42FNO/c1-2-3-4-5-6-7-8-9-12-20-28-21-17-26(18-22-28)24-15-11-10-14-23(24)25(29-26)16-13-19-27/h10-11,14-15,25H,2-9,12-13,16-22H2,1H3. The van der Waals surface area contributed by atoms with Crippen molar-refractivity contribution < 1.29 is 9.13 Å². The molecule has 0 aromatic heterocycles. The van der Waals surface area contributed by atoms with Crippen LogP contribution in [0.3, 0.4) is 0 Å². The Bertz CT molecular complexity index is 582. The van der Waals surface area contributed by atoms with Crippen LogP contribution in [-0.2, 0) is 10.3 Å². The van der Waals surface area contributed by atoms with E-state index in [0.717, 1.165) is 32.4 Å². The molecule has 0 saturated carbocycles. The quantitative estimate of drug-likeness (QED) is 0.320. The number of halogens is 1. The third-order valence-electron chi connectivity index (χ3n) is 7.01. The van der Waals surface area contributed by atoms with Gasteiger partial charge >= 0.3 is 0 Å². The van der Waals surface area contributed by atoms with Gasteiger partial charge in [-0.25, -0.2) is 0 Å². The Hall–Kier alpha value is -0.930. The summed E-state index contributed by atoms with van der Waals surface area (Å²) in [4.78, 5) is 2.63. The highest BCUT2D eigenvalue weighted by molar-refractivity contribution is 5.38. The average molecular weight is 404 g/mol. The lowest BCUT2D eigenvalue weighted by Gasteiger charge is -2.40. The lowest BCUT2D eigenvalue weighted by molar-refractivity contribution is -0.112. The summed E-state index contributed by atoms with van der Waals surface area (Å²) in [7, 11) is 0. The van der Waals surface area contributed by atoms with Crippen molar-refractivity contribution in [3.8, 4) is 0 Å². The molecule has 0 N–H and O–H groups in total. The van der Waals surface area contributed by atoms with Crippen molar-refractivity contribution in [2.24, 2.45) is 0 Å². The lowest BCUT2D eigenvalue weighted by Crippen LogP contribution is -2.43. The first-order valence-corrected chi connectivity index (χ1v) is 12.3. The van der Waals surface area contributed by atoms with Crippen LogP contribution >= 0.6 is 0 Å². The fourth-order valence-corrected chi connectivity index (χ4v) is 5.24. The molecule has 2 aliphatic rings. The Morgan fingerprint density at radius 2 is 1.59 bits per heavy atom. The fraction of sp³-hybridized carbons (Fsp3) is 0.769. The molecule has 2 aliphatic heterocycles. The number of piperidine rings is 1. The Balaban J connectivity index is 1.37. The summed E-state index contributed by atoms with van der Waals surface area (Å²) in [5.74, 6) is 0. The number of likely N-dealkylation sites (tertiary alicyclic amines) is 1. The second kappa shape index (κ2) is 12.1. The highest BCUT2D eigenvalue weighted by Crippen LogP contribution is 2.50. The van der Waals surface area contributed by atoms with Crippen LogP contribution < -0.4 is 0 Å². The van der Waals surface area contributed by atoms with Gasteiger partial charge in [-0.15, -0.1) is 0 Å². The maximum atomic E-state index is 12.7. The molecule has 0 bridgehead atoms. The number of hydrogen-bond acceptors (Lipinski definition) is 2. The molecule has 164 valence electrons. The Morgan fingerprint density at radius 1 is 0.931 bits per heavy atom. The smallest absolute Gasteiger partial charge is 0.0967 e. The number of ether oxygens (including phenoxy) is 1. The molecule has 29 heavy (non-hydrogen) atoms. The monoisotopic (exact) mass is 403 g/mol. The molecule has 1 spiro atoms. The van der Waals surface area contributed by atoms with E-state index in [0.29, 0.717) is 6.42 Å². The van der Waals surface area contributed by atoms with Crippen molar-refractivity contribution in [3.05, 3.63) is 35.4 Å². The lowest BCUT2D eigenvalue weighted by atomic mass is 9.83. The van der Waals surface area contributed by atoms with Gasteiger partial charge in [-0.2, -0.15) is 0 Å². The summed E-state index contributed by atoms with van der Waals surface area (Å²) >= 11 is 0. The van der Waals surface area contributed by atoms with E-state index in [2.05, 4.69) is 36.1 Å². The molecule has 1 atom stereocenters. The van der Waals surface area contributed by atoms with Crippen LogP contribution in [0.1, 0.15) is 108 Å². The highest BCUT2D eigenvalue weighted by Gasteiger charge is 2.46. The molecule has 2 nitrogen and oxygen atoms in total. The molecular weight excluding hydrogens is 361 g/mol. The zero-order valence-electron chi connectivity index (χ0n) is 18.6. The van der Waals surface area contributed by atoms with Gasteiger partial charge < -0.3 is 9.64 Å². The third kappa shape index (κ3) is 6.28. The predicted molar refractivity (Wildman–Crippen MR) is 120 cm³/mol. The maximum Gasteiger partial charge on any atom is 0.0967 e. The minimum absolute atomic E-state index is 0.0887. The van der Waals surface area contributed by atoms with Gasteiger partial charge in [0.05, 0.1) is 18.4 Å². The SMILES string of the molecule is CCCCCCCCCCCN1CCC2(CC1)OC(CCCF)c1ccccc12. The number of benzene rings is 1. The van der Waals surface area contributed by atoms with Gasteiger partial charge in [0.1, 0.15) is 0 Å². The predicted octanol–water partition coefficient (Wildman–Crippen LogP) is 7.33. The Kier molecular flexibility index (Phi) is 9.45. The molecule has 0 radical (unpaired) electrons. The molecule has 3 rings (SSSR count). The van der Waals surface area contributed by atoms with Crippen molar-refractivity contribution in [1.82, 2.24) is 4.90 Å². The van der Waals surface area contributed by atoms with E-state index in [9.17, 15) is 4.39 Å². The molecule has 2 heterocycles. The van der Waals surface area contributed by atoms with Gasteiger partial charge in [-0.3, -0.25) is 4.39 Å². The van der Waals surface area contributed by atoms with Gasteiger partial charge in [-0.1, -0.05) is 82.6 Å². The van der Waals surface area contributed by atoms with E-state index in [1.807, 2.05) is 0 Å². The average Bonchev–Trinajstić information content (AvgIpc) is 3.06. The molecule has 1 aromatic carbocycles. The van der Waals surface area contributed by atoms with Crippen LogP contribution in [0.4, 0.5) is 4.39 Å². The zero-order valence-corrected chi connectivity index (χ0v) is 18.6. The first kappa shape index (κ1) is 22.7. The number of unbranched alkanes of at least 4 members (excludes halogenated alkanes) is 8. The minimum Gasteiger partial charge on any atom is -0.362 e. The second-order valence-electron chi connectivity index (χ2n) is 9.19. The van der Waals surface area contributed by atoms with Crippen LogP contribution in [0.2, 0.25) is 0 Å². The summed E-state index contributed by atoms with van der Waals surface area (Å²) in [6.45, 7) is 5.52. The van der Waals surface area contributed by atoms with Gasteiger partial charge in [0.2, 0.25) is 0 Å². The molecule has 0 amide bonds. The topological polar surface area (TPSA) is 12.5 Å². The summed E-state index contributed by atoms with van der Waals surface area (Å²) in [6, 6.07) is 8.68. The molecular formula is C26H42FNO. The highest BCUT2D eigenvalue weighted by atomic mass is 19.1. The first-order chi connectivity index (χ1) is 14.3. The van der Waals surface area contributed by atoms with E-state index >= 15 is 0 Å². The molecule has 1 saturated heterocycles. The third-order valence-corrected chi connectivity index (χ3v) is 7.01. The maximum absolute atomic E-state index is 12.7. The summed E-state index contributed by atoms with van der Waals surface area (Å²) < 4.78 is 19.3. The fourth-order valence-electron chi connectivity index (χ4n) is 5.24. The molecule has 3 heteroatoms. The summed E-state index contributed by atoms with van der Waals surface area (Å²) in [5, 5.41) is 0. The second-order valence-corrected chi connectivity index (χ2v) is 9.19. The minimum atomic E-state index is -0.248. The van der Waals surface area contributed by atoms with Crippen LogP contribution in [0, 0.1) is 0 Å². The van der Waals surface area contributed by atoms with Crippen molar-refractivity contribution in [2.45, 2.75) is 102 Å². The van der Waals surface area contributed by atoms with Crippen molar-refractivity contribution >= 4 is 0 Å². The molecule has 1 fully saturated rings. The van der Waals surface area contributed by atoms with Gasteiger partial charge in [0.15, 0.2) is 0 Å². The normalized spacial score (nSPS) is 21.0. The van der Waals surface area contributed by atoms with Crippen molar-refractivity contribution in [3.63, 3.8) is 0 Å². The van der Waals surface area contributed by atoms with Crippen LogP contribution in [-0.4, -0.2) is 31.2 Å². The number of fused-ring (bicyclic) bond motifs is 2. The van der Waals surface area contributed by atoms with Crippen LogP contribution in [0.15, 0.2) is 24.3 Å². The number of alkyl halides is 1. The number of nitrogens with zero attached hydrogens (tertiary/aromatic N) is 1. The van der Waals surface area contributed by atoms with Crippen molar-refractivity contribution in [2.75, 3.05) is 26.3 Å². The summed E-state index contributed by atoms with van der Waals surface area (Å²) in [5.41, 5.74) is 2.58. The van der Waals surface area contributed by atoms with Crippen molar-refractivity contribution in [1.29, 1.82) is 0 Å². The van der Waals surface area contributed by atoms with Gasteiger partial charge in [0, 0.05) is 13.1 Å². The van der Waals surface area contributed by atoms with E-state index in [1.165, 1.54) is 75.5 Å². The van der Waals surface area contributed by atoms with Gasteiger partial charge in [0.25, 0.3) is 0 Å². The first-order valence-electron chi connectivity index (χ1n) is 12.3.